The lowest BCUT2D eigenvalue weighted by Gasteiger charge is -1.93. The summed E-state index contributed by atoms with van der Waals surface area (Å²) in [6.07, 6.45) is 1.84. The van der Waals surface area contributed by atoms with Crippen molar-refractivity contribution in [1.29, 1.82) is 0 Å². The summed E-state index contributed by atoms with van der Waals surface area (Å²) in [4.78, 5) is 2.94. The third kappa shape index (κ3) is 1.17. The van der Waals surface area contributed by atoms with Crippen molar-refractivity contribution in [2.75, 3.05) is 11.3 Å². The van der Waals surface area contributed by atoms with E-state index in [-0.39, 0.29) is 0 Å². The van der Waals surface area contributed by atoms with Crippen LogP contribution in [0.3, 0.4) is 0 Å². The second kappa shape index (κ2) is 2.62. The molecule has 44 valence electrons. The van der Waals surface area contributed by atoms with Gasteiger partial charge in [-0.25, -0.2) is 0 Å². The van der Waals surface area contributed by atoms with Crippen LogP contribution >= 0.6 is 11.6 Å². The van der Waals surface area contributed by atoms with Crippen molar-refractivity contribution in [3.8, 4) is 0 Å². The van der Waals surface area contributed by atoms with Crippen molar-refractivity contribution in [1.82, 2.24) is 4.98 Å². The summed E-state index contributed by atoms with van der Waals surface area (Å²) in [5.74, 6) is 0.958. The maximum absolute atomic E-state index is 5.36. The van der Waals surface area contributed by atoms with E-state index in [2.05, 4.69) is 10.3 Å². The lowest BCUT2D eigenvalue weighted by atomic mass is 10.6. The zero-order valence-electron chi connectivity index (χ0n) is 4.32. The molecular weight excluding hydrogens is 124 g/mol. The topological polar surface area (TPSA) is 27.8 Å². The van der Waals surface area contributed by atoms with Crippen LogP contribution in [0.1, 0.15) is 0 Å². The Labute approximate surface area is 52.9 Å². The molecule has 0 aliphatic rings. The third-order valence-corrected chi connectivity index (χ3v) is 0.989. The van der Waals surface area contributed by atoms with Crippen molar-refractivity contribution in [3.05, 3.63) is 18.3 Å². The number of aromatic amines is 1. The number of hydrogen-bond acceptors (Lipinski definition) is 1. The number of alkyl halides is 1. The van der Waals surface area contributed by atoms with Gasteiger partial charge in [-0.15, -0.1) is 11.6 Å². The van der Waals surface area contributed by atoms with Crippen LogP contribution in [0.25, 0.3) is 0 Å². The Balaban J connectivity index is 2.50. The van der Waals surface area contributed by atoms with Crippen LogP contribution in [-0.2, 0) is 0 Å². The Hall–Kier alpha value is -0.630. The molecule has 0 unspecified atom stereocenters. The second-order valence-electron chi connectivity index (χ2n) is 1.39. The van der Waals surface area contributed by atoms with Crippen LogP contribution in [0.2, 0.25) is 0 Å². The number of halogens is 1. The fraction of sp³-hybridized carbons (Fsp3) is 0.200. The van der Waals surface area contributed by atoms with Gasteiger partial charge in [-0.1, -0.05) is 0 Å². The van der Waals surface area contributed by atoms with Crippen LogP contribution in [-0.4, -0.2) is 11.0 Å². The number of aromatic nitrogens is 1. The summed E-state index contributed by atoms with van der Waals surface area (Å²) in [6.45, 7) is 0. The smallest absolute Gasteiger partial charge is 0.104 e. The second-order valence-corrected chi connectivity index (χ2v) is 1.66. The quantitative estimate of drug-likeness (QED) is 0.462. The van der Waals surface area contributed by atoms with E-state index in [1.54, 1.807) is 0 Å². The first-order valence-electron chi connectivity index (χ1n) is 2.36. The largest absolute Gasteiger partial charge is 0.358 e. The summed E-state index contributed by atoms with van der Waals surface area (Å²) in [6, 6.07) is 4.28. The Morgan fingerprint density at radius 1 is 1.75 bits per heavy atom. The van der Waals surface area contributed by atoms with Crippen molar-refractivity contribution >= 4 is 17.4 Å². The first-order chi connectivity index (χ1) is 3.93. The van der Waals surface area contributed by atoms with E-state index in [1.807, 2.05) is 18.3 Å². The molecule has 0 saturated heterocycles. The van der Waals surface area contributed by atoms with Crippen LogP contribution < -0.4 is 5.32 Å². The SMILES string of the molecule is ClCNc1ccc[nH]1. The molecule has 1 aromatic rings. The fourth-order valence-corrected chi connectivity index (χ4v) is 0.656. The Kier molecular flexibility index (Phi) is 1.80. The highest BCUT2D eigenvalue weighted by Gasteiger charge is 1.83. The predicted molar refractivity (Wildman–Crippen MR) is 35.1 cm³/mol. The van der Waals surface area contributed by atoms with Gasteiger partial charge in [-0.2, -0.15) is 0 Å². The monoisotopic (exact) mass is 130 g/mol. The summed E-state index contributed by atoms with van der Waals surface area (Å²) in [7, 11) is 0. The van der Waals surface area contributed by atoms with E-state index in [0.717, 1.165) is 5.82 Å². The molecule has 2 N–H and O–H groups in total. The molecule has 0 spiro atoms. The Morgan fingerprint density at radius 2 is 2.62 bits per heavy atom. The van der Waals surface area contributed by atoms with Gasteiger partial charge in [-0.05, 0) is 12.1 Å². The number of H-pyrrole nitrogens is 1. The van der Waals surface area contributed by atoms with Crippen LogP contribution in [0.4, 0.5) is 5.82 Å². The van der Waals surface area contributed by atoms with E-state index in [1.165, 1.54) is 0 Å². The number of rotatable bonds is 2. The fourth-order valence-electron chi connectivity index (χ4n) is 0.512. The molecule has 1 aromatic heterocycles. The maximum Gasteiger partial charge on any atom is 0.104 e. The molecule has 2 nitrogen and oxygen atoms in total. The molecule has 0 saturated carbocycles. The molecule has 0 aliphatic carbocycles. The van der Waals surface area contributed by atoms with Gasteiger partial charge in [-0.3, -0.25) is 0 Å². The predicted octanol–water partition coefficient (Wildman–Crippen LogP) is 1.62. The van der Waals surface area contributed by atoms with Gasteiger partial charge in [0.05, 0.1) is 6.00 Å². The van der Waals surface area contributed by atoms with Gasteiger partial charge < -0.3 is 10.3 Å². The number of nitrogens with one attached hydrogen (secondary N) is 2. The van der Waals surface area contributed by atoms with Gasteiger partial charge in [0.1, 0.15) is 5.82 Å². The van der Waals surface area contributed by atoms with Crippen LogP contribution in [0, 0.1) is 0 Å². The molecule has 0 aromatic carbocycles. The van der Waals surface area contributed by atoms with Crippen molar-refractivity contribution in [2.24, 2.45) is 0 Å². The molecule has 0 amide bonds. The summed E-state index contributed by atoms with van der Waals surface area (Å²) in [5.41, 5.74) is 0. The van der Waals surface area contributed by atoms with Gasteiger partial charge in [0.15, 0.2) is 0 Å². The minimum atomic E-state index is 0.445. The first kappa shape index (κ1) is 5.51. The lowest BCUT2D eigenvalue weighted by Crippen LogP contribution is -1.92. The van der Waals surface area contributed by atoms with E-state index >= 15 is 0 Å². The molecule has 1 heterocycles. The molecule has 1 rings (SSSR count). The van der Waals surface area contributed by atoms with Gasteiger partial charge in [0.25, 0.3) is 0 Å². The molecular formula is C5H7ClN2. The summed E-state index contributed by atoms with van der Waals surface area (Å²) >= 11 is 5.36. The van der Waals surface area contributed by atoms with E-state index in [4.69, 9.17) is 11.6 Å². The number of hydrogen-bond donors (Lipinski definition) is 2. The normalized spacial score (nSPS) is 9.12. The van der Waals surface area contributed by atoms with Crippen molar-refractivity contribution in [3.63, 3.8) is 0 Å². The minimum absolute atomic E-state index is 0.445. The van der Waals surface area contributed by atoms with E-state index < -0.39 is 0 Å². The van der Waals surface area contributed by atoms with Gasteiger partial charge in [0.2, 0.25) is 0 Å². The summed E-state index contributed by atoms with van der Waals surface area (Å²) in [5, 5.41) is 2.90. The van der Waals surface area contributed by atoms with Crippen LogP contribution in [0.15, 0.2) is 18.3 Å². The van der Waals surface area contributed by atoms with Gasteiger partial charge >= 0.3 is 0 Å². The van der Waals surface area contributed by atoms with Gasteiger partial charge in [0, 0.05) is 6.20 Å². The third-order valence-electron chi connectivity index (χ3n) is 0.855. The zero-order chi connectivity index (χ0) is 5.82. The van der Waals surface area contributed by atoms with Crippen LogP contribution in [0.5, 0.6) is 0 Å². The number of anilines is 1. The standard InChI is InChI=1S/C5H7ClN2/c6-4-8-5-2-1-3-7-5/h1-3,7-8H,4H2. The minimum Gasteiger partial charge on any atom is -0.358 e. The molecule has 0 atom stereocenters. The average Bonchev–Trinajstić information content (AvgIpc) is 2.19. The highest BCUT2D eigenvalue weighted by Crippen LogP contribution is 1.99. The lowest BCUT2D eigenvalue weighted by molar-refractivity contribution is 1.32. The Bertz CT molecular complexity index is 136. The average molecular weight is 131 g/mol. The van der Waals surface area contributed by atoms with E-state index in [9.17, 15) is 0 Å². The maximum atomic E-state index is 5.36. The molecule has 0 bridgehead atoms. The molecule has 0 radical (unpaired) electrons. The van der Waals surface area contributed by atoms with Crippen molar-refractivity contribution in [2.45, 2.75) is 0 Å². The Morgan fingerprint density at radius 3 is 3.12 bits per heavy atom. The molecule has 8 heavy (non-hydrogen) atoms. The van der Waals surface area contributed by atoms with E-state index in [0.29, 0.717) is 6.00 Å². The molecule has 3 heteroatoms. The first-order valence-corrected chi connectivity index (χ1v) is 2.90. The molecule has 0 fully saturated rings. The molecule has 0 aliphatic heterocycles. The van der Waals surface area contributed by atoms with Crippen molar-refractivity contribution < 1.29 is 0 Å². The summed E-state index contributed by atoms with van der Waals surface area (Å²) < 4.78 is 0. The zero-order valence-corrected chi connectivity index (χ0v) is 5.07. The highest BCUT2D eigenvalue weighted by molar-refractivity contribution is 6.18. The highest BCUT2D eigenvalue weighted by atomic mass is 35.5.